The smallest absolute Gasteiger partial charge is 0.338 e. The number of rotatable bonds is 4. The Morgan fingerprint density at radius 2 is 2.10 bits per heavy atom. The summed E-state index contributed by atoms with van der Waals surface area (Å²) in [5.41, 5.74) is 5.46. The molecule has 0 amide bonds. The highest BCUT2D eigenvalue weighted by Gasteiger charge is 2.46. The predicted octanol–water partition coefficient (Wildman–Crippen LogP) is 0.480. The van der Waals surface area contributed by atoms with Crippen molar-refractivity contribution in [2.45, 2.75) is 25.4 Å². The largest absolute Gasteiger partial charge is 0.454 e. The van der Waals surface area contributed by atoms with Gasteiger partial charge in [0.2, 0.25) is 5.95 Å². The van der Waals surface area contributed by atoms with E-state index >= 15 is 0 Å². The molecule has 2 aromatic heterocycles. The van der Waals surface area contributed by atoms with Gasteiger partial charge in [-0.05, 0) is 12.1 Å². The van der Waals surface area contributed by atoms with Gasteiger partial charge in [-0.25, -0.2) is 4.79 Å². The summed E-state index contributed by atoms with van der Waals surface area (Å²) in [4.78, 5) is 43.3. The van der Waals surface area contributed by atoms with E-state index in [2.05, 4.69) is 9.97 Å². The number of carbonyl (C=O) groups excluding carboxylic acids is 1. The molecule has 10 nitrogen and oxygen atoms in total. The van der Waals surface area contributed by atoms with E-state index < -0.39 is 40.8 Å². The van der Waals surface area contributed by atoms with E-state index in [1.807, 2.05) is 0 Å². The average Bonchev–Trinajstić information content (AvgIpc) is 3.19. The normalized spacial score (nSPS) is 24.1. The van der Waals surface area contributed by atoms with E-state index in [0.717, 1.165) is 4.57 Å². The molecule has 0 saturated carbocycles. The number of ether oxygens (including phenoxy) is 2. The summed E-state index contributed by atoms with van der Waals surface area (Å²) in [6, 6.07) is 8.39. The second-order valence-electron chi connectivity index (χ2n) is 6.68. The van der Waals surface area contributed by atoms with Crippen LogP contribution in [0.15, 0.2) is 39.9 Å². The van der Waals surface area contributed by atoms with Gasteiger partial charge in [0.05, 0.1) is 18.3 Å². The van der Waals surface area contributed by atoms with E-state index in [1.165, 1.54) is 0 Å². The van der Waals surface area contributed by atoms with E-state index in [1.54, 1.807) is 37.3 Å². The van der Waals surface area contributed by atoms with Crippen molar-refractivity contribution in [2.24, 2.45) is 5.92 Å². The van der Waals surface area contributed by atoms with Crippen LogP contribution in [0.4, 0.5) is 5.95 Å². The first-order chi connectivity index (χ1) is 13.9. The fourth-order valence-electron chi connectivity index (χ4n) is 3.37. The van der Waals surface area contributed by atoms with Crippen molar-refractivity contribution in [3.8, 4) is 0 Å². The molecule has 1 aliphatic heterocycles. The van der Waals surface area contributed by atoms with Gasteiger partial charge < -0.3 is 20.3 Å². The number of nitrogens with zero attached hydrogens (tertiary/aromatic N) is 2. The van der Waals surface area contributed by atoms with Crippen molar-refractivity contribution >= 4 is 33.6 Å². The fourth-order valence-corrected chi connectivity index (χ4v) is 4.21. The molecular formula is C18H18N4O6S. The number of nitrogen functional groups attached to an aromatic ring is 1. The summed E-state index contributed by atoms with van der Waals surface area (Å²) in [5, 5.41) is 9.65. The van der Waals surface area contributed by atoms with Gasteiger partial charge in [-0.15, -0.1) is 0 Å². The zero-order valence-corrected chi connectivity index (χ0v) is 16.1. The molecule has 0 radical (unpaired) electrons. The van der Waals surface area contributed by atoms with Gasteiger partial charge in [-0.3, -0.25) is 19.1 Å². The number of thiazole rings is 1. The van der Waals surface area contributed by atoms with Crippen molar-refractivity contribution in [3.05, 3.63) is 55.9 Å². The van der Waals surface area contributed by atoms with Gasteiger partial charge in [0.25, 0.3) is 5.56 Å². The molecule has 11 heteroatoms. The lowest BCUT2D eigenvalue weighted by Crippen LogP contribution is -2.33. The van der Waals surface area contributed by atoms with Gasteiger partial charge in [0, 0.05) is 5.92 Å². The molecule has 4 rings (SSSR count). The maximum Gasteiger partial charge on any atom is 0.338 e. The number of nitrogens with one attached hydrogen (secondary N) is 1. The Morgan fingerprint density at radius 1 is 1.38 bits per heavy atom. The topological polar surface area (TPSA) is 150 Å². The second kappa shape index (κ2) is 7.43. The molecule has 1 saturated heterocycles. The maximum absolute atomic E-state index is 12.7. The number of hydrogen-bond acceptors (Lipinski definition) is 9. The van der Waals surface area contributed by atoms with Crippen molar-refractivity contribution in [2.75, 3.05) is 12.3 Å². The number of fused-ring (bicyclic) bond motifs is 1. The number of benzene rings is 1. The molecule has 0 bridgehead atoms. The summed E-state index contributed by atoms with van der Waals surface area (Å²) in [7, 11) is 0. The van der Waals surface area contributed by atoms with Crippen LogP contribution in [0.1, 0.15) is 23.5 Å². The molecule has 1 fully saturated rings. The highest BCUT2D eigenvalue weighted by atomic mass is 32.1. The Hall–Kier alpha value is -3.02. The average molecular weight is 418 g/mol. The number of aromatic nitrogens is 3. The highest BCUT2D eigenvalue weighted by molar-refractivity contribution is 7.16. The van der Waals surface area contributed by atoms with Crippen LogP contribution in [0.2, 0.25) is 0 Å². The van der Waals surface area contributed by atoms with Crippen molar-refractivity contribution in [3.63, 3.8) is 0 Å². The standard InChI is InChI=1S/C18H18N4O6S/c1-8-10(7-23)27-15(11(8)28-16(25)9-5-3-2-4-6-9)22-13-12(29-18(22)26)14(24)21-17(19)20-13/h2-6,8,10-11,15,23H,7H2,1H3,(H3,19,20,21,24)/t8-,10-,11-,15-/m1/s1. The van der Waals surface area contributed by atoms with Crippen molar-refractivity contribution in [1.82, 2.24) is 14.5 Å². The SMILES string of the molecule is C[C@H]1[C@@H](OC(=O)c2ccccc2)[C@H](n2c(=O)sc3c(=O)[nH]c(N)nc32)O[C@@H]1CO. The third-order valence-electron chi connectivity index (χ3n) is 4.88. The molecule has 4 N–H and O–H groups in total. The summed E-state index contributed by atoms with van der Waals surface area (Å²) < 4.78 is 12.7. The number of aromatic amines is 1. The zero-order chi connectivity index (χ0) is 20.7. The summed E-state index contributed by atoms with van der Waals surface area (Å²) in [6.45, 7) is 1.42. The van der Waals surface area contributed by atoms with E-state index in [-0.39, 0.29) is 22.9 Å². The number of aliphatic hydroxyl groups is 1. The molecular weight excluding hydrogens is 400 g/mol. The number of H-pyrrole nitrogens is 1. The van der Waals surface area contributed by atoms with E-state index in [9.17, 15) is 19.5 Å². The Bertz CT molecular complexity index is 1170. The second-order valence-corrected chi connectivity index (χ2v) is 7.65. The highest BCUT2D eigenvalue weighted by Crippen LogP contribution is 2.37. The van der Waals surface area contributed by atoms with E-state index in [4.69, 9.17) is 15.2 Å². The number of anilines is 1. The van der Waals surface area contributed by atoms with Gasteiger partial charge in [-0.1, -0.05) is 36.5 Å². The lowest BCUT2D eigenvalue weighted by Gasteiger charge is -2.22. The van der Waals surface area contributed by atoms with Crippen molar-refractivity contribution < 1.29 is 19.4 Å². The zero-order valence-electron chi connectivity index (χ0n) is 15.3. The Morgan fingerprint density at radius 3 is 2.79 bits per heavy atom. The van der Waals surface area contributed by atoms with Crippen LogP contribution in [-0.4, -0.2) is 44.4 Å². The van der Waals surface area contributed by atoms with Crippen LogP contribution in [0.5, 0.6) is 0 Å². The Balaban J connectivity index is 1.78. The predicted molar refractivity (Wildman–Crippen MR) is 105 cm³/mol. The summed E-state index contributed by atoms with van der Waals surface area (Å²) >= 11 is 0.691. The number of nitrogens with two attached hydrogens (primary N) is 1. The number of esters is 1. The van der Waals surface area contributed by atoms with Gasteiger partial charge in [-0.2, -0.15) is 4.98 Å². The first-order valence-electron chi connectivity index (χ1n) is 8.84. The molecule has 152 valence electrons. The third-order valence-corrected chi connectivity index (χ3v) is 5.82. The number of hydrogen-bond donors (Lipinski definition) is 3. The van der Waals surface area contributed by atoms with Crippen LogP contribution in [0.25, 0.3) is 10.3 Å². The Kier molecular flexibility index (Phi) is 4.94. The minimum atomic E-state index is -1.07. The molecule has 3 aromatic rings. The minimum Gasteiger partial charge on any atom is -0.454 e. The third kappa shape index (κ3) is 3.33. The maximum atomic E-state index is 12.7. The number of carbonyl (C=O) groups is 1. The van der Waals surface area contributed by atoms with Crippen LogP contribution >= 0.6 is 11.3 Å². The molecule has 4 atom stereocenters. The minimum absolute atomic E-state index is 0.0396. The van der Waals surface area contributed by atoms with Crippen molar-refractivity contribution in [1.29, 1.82) is 0 Å². The lowest BCUT2D eigenvalue weighted by atomic mass is 10.0. The molecule has 0 aliphatic carbocycles. The first kappa shape index (κ1) is 19.3. The van der Waals surface area contributed by atoms with Gasteiger partial charge >= 0.3 is 10.8 Å². The van der Waals surface area contributed by atoms with Gasteiger partial charge in [0.1, 0.15) is 4.70 Å². The summed E-state index contributed by atoms with van der Waals surface area (Å²) in [6.07, 6.45) is -2.63. The molecule has 0 unspecified atom stereocenters. The Labute approximate surface area is 167 Å². The van der Waals surface area contributed by atoms with Crippen LogP contribution < -0.4 is 16.2 Å². The summed E-state index contributed by atoms with van der Waals surface area (Å²) in [5.74, 6) is -1.16. The van der Waals surface area contributed by atoms with Crippen LogP contribution in [0.3, 0.4) is 0 Å². The van der Waals surface area contributed by atoms with Crippen LogP contribution in [-0.2, 0) is 9.47 Å². The number of aliphatic hydroxyl groups excluding tert-OH is 1. The molecule has 1 aromatic carbocycles. The molecule has 29 heavy (non-hydrogen) atoms. The van der Waals surface area contributed by atoms with E-state index in [0.29, 0.717) is 16.9 Å². The molecule has 3 heterocycles. The molecule has 0 spiro atoms. The lowest BCUT2D eigenvalue weighted by molar-refractivity contribution is -0.0570. The monoisotopic (exact) mass is 418 g/mol. The first-order valence-corrected chi connectivity index (χ1v) is 9.65. The quantitative estimate of drug-likeness (QED) is 0.518. The van der Waals surface area contributed by atoms with Gasteiger partial charge in [0.15, 0.2) is 18.0 Å². The fraction of sp³-hybridized carbons (Fsp3) is 0.333. The molecule has 1 aliphatic rings. The van der Waals surface area contributed by atoms with Crippen LogP contribution in [0, 0.1) is 5.92 Å².